The molecule has 1 N–H and O–H groups in total. The first-order valence-electron chi connectivity index (χ1n) is 7.71. The second-order valence-corrected chi connectivity index (χ2v) is 5.97. The van der Waals surface area contributed by atoms with Crippen LogP contribution >= 0.6 is 0 Å². The Morgan fingerprint density at radius 2 is 1.79 bits per heavy atom. The molecule has 0 radical (unpaired) electrons. The molecule has 19 heavy (non-hydrogen) atoms. The summed E-state index contributed by atoms with van der Waals surface area (Å²) in [5, 5.41) is 0. The zero-order chi connectivity index (χ0) is 13.7. The highest BCUT2D eigenvalue weighted by Crippen LogP contribution is 2.23. The van der Waals surface area contributed by atoms with Crippen molar-refractivity contribution >= 4 is 0 Å². The first-order valence-corrected chi connectivity index (χ1v) is 7.71. The number of nitrogens with one attached hydrogen (secondary N) is 1. The number of unbranched alkanes of at least 4 members (excludes halogenated alkanes) is 1. The maximum atomic E-state index is 5.95. The van der Waals surface area contributed by atoms with Crippen LogP contribution in [0.2, 0.25) is 0 Å². The topological polar surface area (TPSA) is 13.7 Å². The molecule has 0 bridgehead atoms. The maximum Gasteiger partial charge on any atom is 0.122 e. The molecular formula is C17H28NO+. The second-order valence-electron chi connectivity index (χ2n) is 5.97. The van der Waals surface area contributed by atoms with Crippen molar-refractivity contribution < 1.29 is 9.64 Å². The number of aryl methyl sites for hydroxylation is 2. The van der Waals surface area contributed by atoms with Crippen LogP contribution in [0.3, 0.4) is 0 Å². The molecule has 2 rings (SSSR count). The number of likely N-dealkylation sites (tertiary alicyclic amines) is 1. The van der Waals surface area contributed by atoms with Crippen LogP contribution < -0.4 is 9.64 Å². The zero-order valence-corrected chi connectivity index (χ0v) is 12.7. The Morgan fingerprint density at radius 1 is 1.05 bits per heavy atom. The summed E-state index contributed by atoms with van der Waals surface area (Å²) in [4.78, 5) is 1.79. The normalized spacial score (nSPS) is 15.9. The number of hydrogen-bond donors (Lipinski definition) is 1. The molecule has 1 saturated heterocycles. The van der Waals surface area contributed by atoms with E-state index in [1.807, 2.05) is 0 Å². The Labute approximate surface area is 117 Å². The highest BCUT2D eigenvalue weighted by atomic mass is 16.5. The fourth-order valence-electron chi connectivity index (χ4n) is 2.93. The summed E-state index contributed by atoms with van der Waals surface area (Å²) < 4.78 is 5.95. The van der Waals surface area contributed by atoms with Gasteiger partial charge in [0.15, 0.2) is 0 Å². The van der Waals surface area contributed by atoms with Gasteiger partial charge in [0.2, 0.25) is 0 Å². The van der Waals surface area contributed by atoms with Gasteiger partial charge in [0.05, 0.1) is 26.2 Å². The van der Waals surface area contributed by atoms with Gasteiger partial charge in [0.1, 0.15) is 5.75 Å². The molecule has 2 nitrogen and oxygen atoms in total. The molecule has 1 heterocycles. The monoisotopic (exact) mass is 262 g/mol. The summed E-state index contributed by atoms with van der Waals surface area (Å²) in [7, 11) is 0. The van der Waals surface area contributed by atoms with Crippen molar-refractivity contribution in [2.45, 2.75) is 46.5 Å². The van der Waals surface area contributed by atoms with Gasteiger partial charge in [-0.1, -0.05) is 6.07 Å². The number of benzene rings is 1. The summed E-state index contributed by atoms with van der Waals surface area (Å²) in [6, 6.07) is 4.38. The molecule has 0 unspecified atom stereocenters. The fourth-order valence-corrected chi connectivity index (χ4v) is 2.93. The molecule has 0 aromatic heterocycles. The van der Waals surface area contributed by atoms with E-state index in [9.17, 15) is 0 Å². The molecule has 1 aromatic carbocycles. The van der Waals surface area contributed by atoms with E-state index >= 15 is 0 Å². The molecular weight excluding hydrogens is 234 g/mol. The van der Waals surface area contributed by atoms with E-state index in [0.717, 1.165) is 12.4 Å². The highest BCUT2D eigenvalue weighted by molar-refractivity contribution is 5.41. The summed E-state index contributed by atoms with van der Waals surface area (Å²) in [6.45, 7) is 11.4. The molecule has 1 aliphatic rings. The molecule has 0 spiro atoms. The molecule has 1 fully saturated rings. The van der Waals surface area contributed by atoms with Gasteiger partial charge < -0.3 is 9.64 Å². The first-order chi connectivity index (χ1) is 9.16. The number of ether oxygens (including phenoxy) is 1. The van der Waals surface area contributed by atoms with Crippen molar-refractivity contribution in [2.75, 3.05) is 26.2 Å². The Kier molecular flexibility index (Phi) is 5.26. The molecule has 0 amide bonds. The van der Waals surface area contributed by atoms with Gasteiger partial charge in [0, 0.05) is 12.8 Å². The van der Waals surface area contributed by atoms with Gasteiger partial charge in [-0.3, -0.25) is 0 Å². The van der Waals surface area contributed by atoms with E-state index in [0.29, 0.717) is 0 Å². The lowest BCUT2D eigenvalue weighted by molar-refractivity contribution is -0.887. The van der Waals surface area contributed by atoms with Crippen molar-refractivity contribution in [3.63, 3.8) is 0 Å². The molecule has 0 saturated carbocycles. The third kappa shape index (κ3) is 4.24. The number of hydrogen-bond acceptors (Lipinski definition) is 1. The van der Waals surface area contributed by atoms with E-state index in [-0.39, 0.29) is 0 Å². The van der Waals surface area contributed by atoms with E-state index in [1.54, 1.807) is 4.90 Å². The SMILES string of the molecule is Cc1cc(C)c(C)c(OCCCC[NH+]2CCCC2)c1. The first kappa shape index (κ1) is 14.4. The minimum Gasteiger partial charge on any atom is -0.493 e. The predicted molar refractivity (Wildman–Crippen MR) is 80.2 cm³/mol. The van der Waals surface area contributed by atoms with E-state index in [2.05, 4.69) is 32.9 Å². The second kappa shape index (κ2) is 6.95. The van der Waals surface area contributed by atoms with Crippen molar-refractivity contribution in [2.24, 2.45) is 0 Å². The van der Waals surface area contributed by atoms with Crippen LogP contribution in [0.1, 0.15) is 42.4 Å². The lowest BCUT2D eigenvalue weighted by atomic mass is 10.1. The van der Waals surface area contributed by atoms with Crippen LogP contribution in [0.15, 0.2) is 12.1 Å². The van der Waals surface area contributed by atoms with Gasteiger partial charge in [-0.15, -0.1) is 0 Å². The maximum absolute atomic E-state index is 5.95. The van der Waals surface area contributed by atoms with Crippen LogP contribution in [0.5, 0.6) is 5.75 Å². The van der Waals surface area contributed by atoms with E-state index in [1.165, 1.54) is 62.0 Å². The van der Waals surface area contributed by atoms with Gasteiger partial charge >= 0.3 is 0 Å². The minimum absolute atomic E-state index is 0.858. The van der Waals surface area contributed by atoms with Gasteiger partial charge in [-0.2, -0.15) is 0 Å². The average molecular weight is 262 g/mol. The third-order valence-electron chi connectivity index (χ3n) is 4.26. The molecule has 1 aliphatic heterocycles. The van der Waals surface area contributed by atoms with Crippen LogP contribution in [0, 0.1) is 20.8 Å². The van der Waals surface area contributed by atoms with Gasteiger partial charge in [0.25, 0.3) is 0 Å². The van der Waals surface area contributed by atoms with Crippen molar-refractivity contribution in [1.29, 1.82) is 0 Å². The Morgan fingerprint density at radius 3 is 2.53 bits per heavy atom. The van der Waals surface area contributed by atoms with Crippen LogP contribution in [-0.4, -0.2) is 26.2 Å². The highest BCUT2D eigenvalue weighted by Gasteiger charge is 2.14. The van der Waals surface area contributed by atoms with Crippen LogP contribution in [0.25, 0.3) is 0 Å². The number of quaternary nitrogens is 1. The third-order valence-corrected chi connectivity index (χ3v) is 4.26. The molecule has 106 valence electrons. The summed E-state index contributed by atoms with van der Waals surface area (Å²) in [5.41, 5.74) is 3.91. The summed E-state index contributed by atoms with van der Waals surface area (Å²) in [5.74, 6) is 1.08. The molecule has 0 aliphatic carbocycles. The van der Waals surface area contributed by atoms with Crippen molar-refractivity contribution in [3.8, 4) is 5.75 Å². The van der Waals surface area contributed by atoms with E-state index < -0.39 is 0 Å². The smallest absolute Gasteiger partial charge is 0.122 e. The summed E-state index contributed by atoms with van der Waals surface area (Å²) >= 11 is 0. The minimum atomic E-state index is 0.858. The molecule has 2 heteroatoms. The van der Waals surface area contributed by atoms with Crippen molar-refractivity contribution in [1.82, 2.24) is 0 Å². The largest absolute Gasteiger partial charge is 0.493 e. The van der Waals surface area contributed by atoms with Gasteiger partial charge in [-0.05, 0) is 56.4 Å². The zero-order valence-electron chi connectivity index (χ0n) is 12.7. The van der Waals surface area contributed by atoms with Gasteiger partial charge in [-0.25, -0.2) is 0 Å². The average Bonchev–Trinajstić information content (AvgIpc) is 2.87. The fraction of sp³-hybridized carbons (Fsp3) is 0.647. The Bertz CT molecular complexity index is 408. The Balaban J connectivity index is 1.70. The quantitative estimate of drug-likeness (QED) is 0.778. The van der Waals surface area contributed by atoms with E-state index in [4.69, 9.17) is 4.74 Å². The standard InChI is InChI=1S/C17H27NO/c1-14-12-15(2)16(3)17(13-14)19-11-7-6-10-18-8-4-5-9-18/h12-13H,4-11H2,1-3H3/p+1. The number of rotatable bonds is 6. The lowest BCUT2D eigenvalue weighted by Gasteiger charge is -2.14. The summed E-state index contributed by atoms with van der Waals surface area (Å²) in [6.07, 6.45) is 5.32. The lowest BCUT2D eigenvalue weighted by Crippen LogP contribution is -3.09. The molecule has 1 aromatic rings. The predicted octanol–water partition coefficient (Wildman–Crippen LogP) is 2.45. The van der Waals surface area contributed by atoms with Crippen molar-refractivity contribution in [3.05, 3.63) is 28.8 Å². The molecule has 0 atom stereocenters. The van der Waals surface area contributed by atoms with Crippen LogP contribution in [-0.2, 0) is 0 Å². The Hall–Kier alpha value is -1.02. The van der Waals surface area contributed by atoms with Crippen LogP contribution in [0.4, 0.5) is 0 Å².